The third-order valence-corrected chi connectivity index (χ3v) is 9.25. The predicted octanol–water partition coefficient (Wildman–Crippen LogP) is 5.84. The largest absolute Gasteiger partial charge is 0.416 e. The second-order valence-electron chi connectivity index (χ2n) is 8.38. The van der Waals surface area contributed by atoms with E-state index < -0.39 is 23.5 Å². The second kappa shape index (κ2) is 5.62. The zero-order chi connectivity index (χ0) is 21.0. The van der Waals surface area contributed by atoms with Crippen molar-refractivity contribution in [3.05, 3.63) is 56.0 Å². The number of rotatable bonds is 3. The van der Waals surface area contributed by atoms with Gasteiger partial charge in [-0.2, -0.15) is 26.3 Å². The van der Waals surface area contributed by atoms with Gasteiger partial charge in [-0.05, 0) is 80.0 Å². The molecule has 0 amide bonds. The van der Waals surface area contributed by atoms with Gasteiger partial charge in [0.05, 0.1) is 11.1 Å². The minimum atomic E-state index is -4.83. The van der Waals surface area contributed by atoms with Gasteiger partial charge in [-0.3, -0.25) is 0 Å². The van der Waals surface area contributed by atoms with Crippen molar-refractivity contribution >= 4 is 14.7 Å². The Bertz CT molecular complexity index is 1170. The van der Waals surface area contributed by atoms with Crippen LogP contribution in [0.2, 0.25) is 5.54 Å². The van der Waals surface area contributed by atoms with E-state index in [-0.39, 0.29) is 26.7 Å². The molecule has 1 heterocycles. The number of alkyl halides is 6. The lowest BCUT2D eigenvalue weighted by atomic mass is 9.90. The highest BCUT2D eigenvalue weighted by molar-refractivity contribution is 6.37. The Balaban J connectivity index is 1.79. The molecule has 0 saturated heterocycles. The maximum Gasteiger partial charge on any atom is 0.416 e. The quantitative estimate of drug-likeness (QED) is 0.429. The van der Waals surface area contributed by atoms with Crippen LogP contribution in [-0.4, -0.2) is 9.13 Å². The van der Waals surface area contributed by atoms with E-state index in [0.717, 1.165) is 34.9 Å². The van der Waals surface area contributed by atoms with Gasteiger partial charge in [0.1, 0.15) is 0 Å². The van der Waals surface area contributed by atoms with Crippen LogP contribution in [0.5, 0.6) is 0 Å². The van der Waals surface area contributed by atoms with E-state index in [2.05, 4.69) is 20.8 Å². The van der Waals surface area contributed by atoms with Crippen molar-refractivity contribution in [3.8, 4) is 11.1 Å². The van der Waals surface area contributed by atoms with Crippen LogP contribution in [0.1, 0.15) is 54.0 Å². The van der Waals surface area contributed by atoms with Gasteiger partial charge in [0.25, 0.3) is 0 Å². The lowest BCUT2D eigenvalue weighted by Gasteiger charge is -2.19. The average molecular weight is 424 g/mol. The van der Waals surface area contributed by atoms with Crippen molar-refractivity contribution in [1.82, 2.24) is 0 Å². The molecule has 0 nitrogen and oxygen atoms in total. The monoisotopic (exact) mass is 424 g/mol. The van der Waals surface area contributed by atoms with E-state index >= 15 is 0 Å². The number of benzene rings is 2. The molecule has 152 valence electrons. The fourth-order valence-electron chi connectivity index (χ4n) is 5.24. The summed E-state index contributed by atoms with van der Waals surface area (Å²) in [5, 5.41) is 0.977. The molecule has 3 aliphatic carbocycles. The van der Waals surface area contributed by atoms with Gasteiger partial charge < -0.3 is 0 Å². The van der Waals surface area contributed by atoms with Gasteiger partial charge in [0, 0.05) is 15.0 Å². The van der Waals surface area contributed by atoms with Crippen LogP contribution in [0, 0.1) is 17.7 Å². The van der Waals surface area contributed by atoms with Crippen molar-refractivity contribution in [2.24, 2.45) is 5.92 Å². The van der Waals surface area contributed by atoms with Gasteiger partial charge in [-0.15, -0.1) is 0 Å². The summed E-state index contributed by atoms with van der Waals surface area (Å²) in [4.78, 5) is 1.21. The highest BCUT2D eigenvalue weighted by atomic mass is 28.2. The molecular weight excluding hydrogens is 406 g/mol. The summed E-state index contributed by atoms with van der Waals surface area (Å²) in [6.07, 6.45) is -8.65. The van der Waals surface area contributed by atoms with E-state index in [0.29, 0.717) is 17.0 Å². The van der Waals surface area contributed by atoms with Gasteiger partial charge in [0.15, 0.2) is 0 Å². The minimum absolute atomic E-state index is 0.0449. The first-order valence-corrected chi connectivity index (χ1v) is 10.9. The lowest BCUT2D eigenvalue weighted by molar-refractivity contribution is -0.143. The summed E-state index contributed by atoms with van der Waals surface area (Å²) in [7, 11) is -0.0449. The van der Waals surface area contributed by atoms with E-state index in [9.17, 15) is 26.3 Å². The van der Waals surface area contributed by atoms with Crippen molar-refractivity contribution in [1.29, 1.82) is 0 Å². The van der Waals surface area contributed by atoms with Crippen molar-refractivity contribution in [2.45, 2.75) is 51.0 Å². The SMILES string of the molecule is CCC(C)C1[SiH]=c2c(C)c3c4c(-c5cc(C(F)(F)F)cc(C(F)(F)F)c5)c2=C1C34. The molecule has 0 radical (unpaired) electrons. The first-order valence-electron chi connectivity index (χ1n) is 9.67. The Hall–Kier alpha value is -1.89. The van der Waals surface area contributed by atoms with Crippen LogP contribution < -0.4 is 5.22 Å². The molecule has 0 aromatic heterocycles. The molecular formula is C22H18F6Si. The van der Waals surface area contributed by atoms with Crippen LogP contribution in [0.25, 0.3) is 16.7 Å². The summed E-state index contributed by atoms with van der Waals surface area (Å²) in [5.41, 5.74) is 3.24. The molecule has 6 rings (SSSR count). The Morgan fingerprint density at radius 2 is 1.55 bits per heavy atom. The average Bonchev–Trinajstić information content (AvgIpc) is 3.14. The van der Waals surface area contributed by atoms with Gasteiger partial charge in [0.2, 0.25) is 0 Å². The normalized spacial score (nSPS) is 22.2. The summed E-state index contributed by atoms with van der Waals surface area (Å²) in [6, 6.07) is 2.00. The Labute approximate surface area is 165 Å². The van der Waals surface area contributed by atoms with Gasteiger partial charge in [-0.1, -0.05) is 20.3 Å². The number of hydrogen-bond donors (Lipinski definition) is 0. The molecule has 0 N–H and O–H groups in total. The van der Waals surface area contributed by atoms with Crippen LogP contribution in [0.15, 0.2) is 18.2 Å². The van der Waals surface area contributed by atoms with E-state index in [1.165, 1.54) is 16.0 Å². The molecule has 0 saturated carbocycles. The Kier molecular flexibility index (Phi) is 3.70. The molecule has 4 aliphatic rings. The molecule has 1 aliphatic heterocycles. The lowest BCUT2D eigenvalue weighted by Crippen LogP contribution is -2.15. The van der Waals surface area contributed by atoms with Crippen LogP contribution in [-0.2, 0) is 12.4 Å². The standard InChI is InChI=1S/C22H18F6Si/c1-4-8(2)19-18-16-13-9(3)20(29-19)17(18)14(15(13)16)10-5-11(21(23,24)25)7-12(6-10)22(26,27)28/h5-8,16,19,29H,4H2,1-3H3. The molecule has 29 heavy (non-hydrogen) atoms. The smallest absolute Gasteiger partial charge is 0.166 e. The van der Waals surface area contributed by atoms with E-state index in [1.54, 1.807) is 0 Å². The maximum atomic E-state index is 13.4. The fourth-order valence-corrected chi connectivity index (χ4v) is 7.62. The molecule has 2 aromatic rings. The van der Waals surface area contributed by atoms with Crippen LogP contribution in [0.4, 0.5) is 26.3 Å². The first-order chi connectivity index (χ1) is 13.4. The fraction of sp³-hybridized carbons (Fsp3) is 0.409. The minimum Gasteiger partial charge on any atom is -0.166 e. The molecule has 6 bridgehead atoms. The first kappa shape index (κ1) is 19.1. The Morgan fingerprint density at radius 3 is 2.07 bits per heavy atom. The molecule has 2 aromatic carbocycles. The van der Waals surface area contributed by atoms with Gasteiger partial charge >= 0.3 is 12.4 Å². The van der Waals surface area contributed by atoms with E-state index in [1.807, 2.05) is 0 Å². The van der Waals surface area contributed by atoms with E-state index in [4.69, 9.17) is 0 Å². The third kappa shape index (κ3) is 2.49. The molecule has 3 unspecified atom stereocenters. The molecule has 7 heteroatoms. The zero-order valence-corrected chi connectivity index (χ0v) is 17.2. The molecule has 0 fully saturated rings. The summed E-state index contributed by atoms with van der Waals surface area (Å²) >= 11 is 0. The predicted molar refractivity (Wildman–Crippen MR) is 101 cm³/mol. The van der Waals surface area contributed by atoms with Crippen molar-refractivity contribution in [2.75, 3.05) is 0 Å². The number of halogens is 6. The Morgan fingerprint density at radius 1 is 0.966 bits per heavy atom. The zero-order valence-electron chi connectivity index (χ0n) is 16.0. The van der Waals surface area contributed by atoms with Crippen LogP contribution >= 0.6 is 0 Å². The van der Waals surface area contributed by atoms with Crippen molar-refractivity contribution < 1.29 is 26.3 Å². The number of hydrogen-bond acceptors (Lipinski definition) is 0. The summed E-state index contributed by atoms with van der Waals surface area (Å²) in [5.74, 6) is 0.606. The summed E-state index contributed by atoms with van der Waals surface area (Å²) in [6.45, 7) is 6.37. The topological polar surface area (TPSA) is 0 Å². The molecule has 3 atom stereocenters. The second-order valence-corrected chi connectivity index (χ2v) is 10.0. The highest BCUT2D eigenvalue weighted by Crippen LogP contribution is 2.63. The molecule has 0 spiro atoms. The van der Waals surface area contributed by atoms with Gasteiger partial charge in [-0.25, -0.2) is 0 Å². The summed E-state index contributed by atoms with van der Waals surface area (Å²) < 4.78 is 80.1. The third-order valence-electron chi connectivity index (χ3n) is 6.82. The van der Waals surface area contributed by atoms with Crippen molar-refractivity contribution in [3.63, 3.8) is 0 Å². The van der Waals surface area contributed by atoms with Crippen LogP contribution in [0.3, 0.4) is 0 Å². The maximum absolute atomic E-state index is 13.4. The highest BCUT2D eigenvalue weighted by Gasteiger charge is 2.51.